The molecule has 20 heavy (non-hydrogen) atoms. The number of benzene rings is 1. The third-order valence-corrected chi connectivity index (χ3v) is 4.83. The van der Waals surface area contributed by atoms with E-state index >= 15 is 0 Å². The first-order valence-electron chi connectivity index (χ1n) is 7.30. The number of ketones is 1. The van der Waals surface area contributed by atoms with E-state index in [1.165, 1.54) is 0 Å². The number of rotatable bonds is 3. The third kappa shape index (κ3) is 2.45. The normalized spacial score (nSPS) is 31.2. The lowest BCUT2D eigenvalue weighted by molar-refractivity contribution is 0.0847. The average molecular weight is 275 g/mol. The van der Waals surface area contributed by atoms with Crippen molar-refractivity contribution in [3.05, 3.63) is 29.8 Å². The summed E-state index contributed by atoms with van der Waals surface area (Å²) in [7, 11) is 0. The van der Waals surface area contributed by atoms with Crippen molar-refractivity contribution in [1.29, 1.82) is 0 Å². The van der Waals surface area contributed by atoms with E-state index in [9.17, 15) is 15.0 Å². The Hall–Kier alpha value is -1.39. The first-order valence-corrected chi connectivity index (χ1v) is 7.30. The second-order valence-corrected chi connectivity index (χ2v) is 6.19. The van der Waals surface area contributed by atoms with Crippen molar-refractivity contribution in [3.8, 4) is 5.75 Å². The molecule has 3 unspecified atom stereocenters. The highest BCUT2D eigenvalue weighted by atomic mass is 16.3. The summed E-state index contributed by atoms with van der Waals surface area (Å²) in [6, 6.07) is 6.32. The highest BCUT2D eigenvalue weighted by molar-refractivity contribution is 5.99. The number of aliphatic hydroxyl groups excluding tert-OH is 1. The molecule has 3 rings (SSSR count). The Morgan fingerprint density at radius 3 is 2.30 bits per heavy atom. The number of likely N-dealkylation sites (tertiary alicyclic amines) is 1. The van der Waals surface area contributed by atoms with E-state index in [-0.39, 0.29) is 23.7 Å². The van der Waals surface area contributed by atoms with Crippen LogP contribution in [0.5, 0.6) is 5.75 Å². The van der Waals surface area contributed by atoms with Crippen molar-refractivity contribution < 1.29 is 15.0 Å². The molecule has 1 aromatic rings. The summed E-state index contributed by atoms with van der Waals surface area (Å²) in [5, 5.41) is 18.9. The van der Waals surface area contributed by atoms with Gasteiger partial charge in [-0.2, -0.15) is 0 Å². The van der Waals surface area contributed by atoms with Crippen LogP contribution in [0.4, 0.5) is 0 Å². The maximum Gasteiger partial charge on any atom is 0.179 e. The van der Waals surface area contributed by atoms with Crippen molar-refractivity contribution in [2.75, 3.05) is 13.1 Å². The molecule has 0 amide bonds. The van der Waals surface area contributed by atoms with Crippen LogP contribution in [0.1, 0.15) is 30.1 Å². The van der Waals surface area contributed by atoms with E-state index < -0.39 is 0 Å². The predicted octanol–water partition coefficient (Wildman–Crippen LogP) is 1.67. The smallest absolute Gasteiger partial charge is 0.179 e. The van der Waals surface area contributed by atoms with Gasteiger partial charge in [0.1, 0.15) is 5.75 Å². The fourth-order valence-corrected chi connectivity index (χ4v) is 3.65. The minimum atomic E-state index is -0.143. The van der Waals surface area contributed by atoms with E-state index in [1.807, 2.05) is 6.92 Å². The fourth-order valence-electron chi connectivity index (χ4n) is 3.65. The molecular formula is C16H21NO3. The Morgan fingerprint density at radius 2 is 1.75 bits per heavy atom. The van der Waals surface area contributed by atoms with Gasteiger partial charge in [0, 0.05) is 18.7 Å². The van der Waals surface area contributed by atoms with Crippen LogP contribution in [0, 0.1) is 11.8 Å². The first kappa shape index (κ1) is 13.6. The van der Waals surface area contributed by atoms with E-state index in [0.29, 0.717) is 17.4 Å². The van der Waals surface area contributed by atoms with Crippen LogP contribution in [0.25, 0.3) is 0 Å². The zero-order valence-corrected chi connectivity index (χ0v) is 11.7. The summed E-state index contributed by atoms with van der Waals surface area (Å²) >= 11 is 0. The maximum atomic E-state index is 12.5. The molecule has 2 N–H and O–H groups in total. The minimum absolute atomic E-state index is 0.102. The molecule has 1 aliphatic carbocycles. The molecule has 108 valence electrons. The van der Waals surface area contributed by atoms with Crippen LogP contribution in [-0.2, 0) is 0 Å². The lowest BCUT2D eigenvalue weighted by Gasteiger charge is -2.24. The number of aliphatic hydroxyl groups is 1. The highest BCUT2D eigenvalue weighted by Gasteiger charge is 2.42. The van der Waals surface area contributed by atoms with Gasteiger partial charge in [-0.25, -0.2) is 0 Å². The number of carbonyl (C=O) groups is 1. The third-order valence-electron chi connectivity index (χ3n) is 4.83. The maximum absolute atomic E-state index is 12.5. The Labute approximate surface area is 119 Å². The number of hydrogen-bond donors (Lipinski definition) is 2. The standard InChI is InChI=1S/C16H21NO3/c1-10(16(20)11-2-4-14(18)5-3-11)17-8-12-6-15(19)7-13(12)9-17/h2-5,10,12-13,15,18-19H,6-9H2,1H3. The summed E-state index contributed by atoms with van der Waals surface area (Å²) in [6.07, 6.45) is 1.61. The average Bonchev–Trinajstić information content (AvgIpc) is 2.95. The van der Waals surface area contributed by atoms with Gasteiger partial charge in [-0.05, 0) is 55.9 Å². The zero-order valence-electron chi connectivity index (χ0n) is 11.7. The molecule has 2 fully saturated rings. The topological polar surface area (TPSA) is 60.8 Å². The Bertz CT molecular complexity index is 485. The number of aromatic hydroxyl groups is 1. The van der Waals surface area contributed by atoms with Gasteiger partial charge in [0.2, 0.25) is 0 Å². The predicted molar refractivity (Wildman–Crippen MR) is 75.7 cm³/mol. The van der Waals surface area contributed by atoms with Gasteiger partial charge in [-0.1, -0.05) is 0 Å². The van der Waals surface area contributed by atoms with Crippen molar-refractivity contribution in [2.45, 2.75) is 31.9 Å². The lowest BCUT2D eigenvalue weighted by atomic mass is 10.0. The van der Waals surface area contributed by atoms with Gasteiger partial charge in [0.15, 0.2) is 5.78 Å². The van der Waals surface area contributed by atoms with E-state index in [1.54, 1.807) is 24.3 Å². The van der Waals surface area contributed by atoms with Gasteiger partial charge in [-0.3, -0.25) is 9.69 Å². The number of Topliss-reactive ketones (excluding diaryl/α,β-unsaturated/α-hetero) is 1. The van der Waals surface area contributed by atoms with Crippen LogP contribution >= 0.6 is 0 Å². The van der Waals surface area contributed by atoms with E-state index in [2.05, 4.69) is 4.90 Å². The van der Waals surface area contributed by atoms with Crippen molar-refractivity contribution in [1.82, 2.24) is 4.90 Å². The molecule has 0 radical (unpaired) electrons. The molecule has 4 heteroatoms. The van der Waals surface area contributed by atoms with E-state index in [0.717, 1.165) is 25.9 Å². The quantitative estimate of drug-likeness (QED) is 0.824. The Morgan fingerprint density at radius 1 is 1.20 bits per heavy atom. The monoisotopic (exact) mass is 275 g/mol. The second kappa shape index (κ2) is 5.19. The molecule has 1 saturated carbocycles. The molecule has 1 saturated heterocycles. The van der Waals surface area contributed by atoms with Crippen LogP contribution in [-0.4, -0.2) is 46.1 Å². The molecule has 3 atom stereocenters. The van der Waals surface area contributed by atoms with E-state index in [4.69, 9.17) is 0 Å². The number of phenols is 1. The summed E-state index contributed by atoms with van der Waals surface area (Å²) in [4.78, 5) is 14.7. The molecule has 0 aromatic heterocycles. The minimum Gasteiger partial charge on any atom is -0.508 e. The van der Waals surface area contributed by atoms with Crippen LogP contribution in [0.15, 0.2) is 24.3 Å². The van der Waals surface area contributed by atoms with Crippen molar-refractivity contribution in [3.63, 3.8) is 0 Å². The molecule has 2 aliphatic rings. The number of fused-ring (bicyclic) bond motifs is 1. The summed E-state index contributed by atoms with van der Waals surface area (Å²) in [6.45, 7) is 3.77. The first-order chi connectivity index (χ1) is 9.54. The van der Waals surface area contributed by atoms with Gasteiger partial charge < -0.3 is 10.2 Å². The summed E-state index contributed by atoms with van der Waals surface area (Å²) in [5.74, 6) is 1.37. The van der Waals surface area contributed by atoms with Crippen molar-refractivity contribution in [2.24, 2.45) is 11.8 Å². The van der Waals surface area contributed by atoms with Gasteiger partial charge in [0.25, 0.3) is 0 Å². The van der Waals surface area contributed by atoms with Crippen LogP contribution in [0.2, 0.25) is 0 Å². The molecule has 1 aliphatic heterocycles. The molecule has 1 heterocycles. The SMILES string of the molecule is CC(C(=O)c1ccc(O)cc1)N1CC2CC(O)CC2C1. The second-order valence-electron chi connectivity index (χ2n) is 6.19. The lowest BCUT2D eigenvalue weighted by Crippen LogP contribution is -2.38. The number of nitrogens with zero attached hydrogens (tertiary/aromatic N) is 1. The zero-order chi connectivity index (χ0) is 14.3. The van der Waals surface area contributed by atoms with Gasteiger partial charge in [-0.15, -0.1) is 0 Å². The Balaban J connectivity index is 1.66. The molecule has 0 bridgehead atoms. The summed E-state index contributed by atoms with van der Waals surface area (Å²) < 4.78 is 0. The van der Waals surface area contributed by atoms with Gasteiger partial charge in [0.05, 0.1) is 12.1 Å². The molecular weight excluding hydrogens is 254 g/mol. The number of phenolic OH excluding ortho intramolecular Hbond substituents is 1. The van der Waals surface area contributed by atoms with Crippen molar-refractivity contribution >= 4 is 5.78 Å². The van der Waals surface area contributed by atoms with Gasteiger partial charge >= 0.3 is 0 Å². The largest absolute Gasteiger partial charge is 0.508 e. The van der Waals surface area contributed by atoms with Crippen LogP contribution < -0.4 is 0 Å². The van der Waals surface area contributed by atoms with Crippen LogP contribution in [0.3, 0.4) is 0 Å². The highest BCUT2D eigenvalue weighted by Crippen LogP contribution is 2.38. The molecule has 1 aromatic carbocycles. The molecule has 0 spiro atoms. The number of hydrogen-bond acceptors (Lipinski definition) is 4. The Kier molecular flexibility index (Phi) is 3.52. The molecule has 4 nitrogen and oxygen atoms in total. The summed E-state index contributed by atoms with van der Waals surface area (Å²) in [5.41, 5.74) is 0.646. The fraction of sp³-hybridized carbons (Fsp3) is 0.562. The number of carbonyl (C=O) groups excluding carboxylic acids is 1.